The number of rotatable bonds is 7. The first kappa shape index (κ1) is 15.6. The van der Waals surface area contributed by atoms with E-state index in [2.05, 4.69) is 12.0 Å². The molecule has 1 unspecified atom stereocenters. The van der Waals surface area contributed by atoms with Crippen molar-refractivity contribution in [3.05, 3.63) is 47.3 Å². The number of ether oxygens (including phenoxy) is 1. The van der Waals surface area contributed by atoms with E-state index in [0.717, 1.165) is 23.7 Å². The molecule has 0 aliphatic rings. The first-order valence-corrected chi connectivity index (χ1v) is 7.49. The summed E-state index contributed by atoms with van der Waals surface area (Å²) in [5.41, 5.74) is 3.25. The fraction of sp³-hybridized carbons (Fsp3) is 0.471. The Kier molecular flexibility index (Phi) is 5.39. The van der Waals surface area contributed by atoms with Crippen LogP contribution in [0.1, 0.15) is 30.3 Å². The number of aliphatic hydroxyl groups is 1. The van der Waals surface area contributed by atoms with E-state index in [1.807, 2.05) is 48.9 Å². The van der Waals surface area contributed by atoms with Crippen molar-refractivity contribution in [2.75, 3.05) is 6.61 Å². The third kappa shape index (κ3) is 4.60. The second-order valence-corrected chi connectivity index (χ2v) is 5.40. The van der Waals surface area contributed by atoms with Crippen LogP contribution in [0.15, 0.2) is 30.3 Å². The van der Waals surface area contributed by atoms with Gasteiger partial charge in [0.05, 0.1) is 18.4 Å². The summed E-state index contributed by atoms with van der Waals surface area (Å²) in [5, 5.41) is 14.5. The quantitative estimate of drug-likeness (QED) is 0.852. The topological polar surface area (TPSA) is 47.3 Å². The third-order valence-electron chi connectivity index (χ3n) is 3.44. The Hall–Kier alpha value is -1.81. The second kappa shape index (κ2) is 7.27. The van der Waals surface area contributed by atoms with E-state index >= 15 is 0 Å². The minimum absolute atomic E-state index is 0.406. The molecule has 2 rings (SSSR count). The van der Waals surface area contributed by atoms with Gasteiger partial charge in [-0.15, -0.1) is 0 Å². The highest BCUT2D eigenvalue weighted by molar-refractivity contribution is 5.27. The molecule has 0 radical (unpaired) electrons. The zero-order chi connectivity index (χ0) is 15.2. The van der Waals surface area contributed by atoms with E-state index in [1.165, 1.54) is 5.56 Å². The van der Waals surface area contributed by atoms with Gasteiger partial charge in [-0.1, -0.05) is 12.1 Å². The van der Waals surface area contributed by atoms with E-state index in [4.69, 9.17) is 4.74 Å². The molecular weight excluding hydrogens is 264 g/mol. The zero-order valence-electron chi connectivity index (χ0n) is 13.0. The summed E-state index contributed by atoms with van der Waals surface area (Å²) >= 11 is 0. The van der Waals surface area contributed by atoms with Crippen molar-refractivity contribution < 1.29 is 9.84 Å². The molecule has 1 atom stereocenters. The lowest BCUT2D eigenvalue weighted by Crippen LogP contribution is -2.17. The maximum absolute atomic E-state index is 10.1. The first-order chi connectivity index (χ1) is 10.1. The summed E-state index contributed by atoms with van der Waals surface area (Å²) in [5.74, 6) is 0.858. The van der Waals surface area contributed by atoms with Gasteiger partial charge in [0.25, 0.3) is 0 Å². The number of benzene rings is 1. The Morgan fingerprint density at radius 1 is 1.29 bits per heavy atom. The molecular formula is C17H24N2O2. The molecule has 0 aliphatic carbocycles. The molecule has 4 heteroatoms. The fourth-order valence-electron chi connectivity index (χ4n) is 2.40. The van der Waals surface area contributed by atoms with Crippen LogP contribution in [-0.4, -0.2) is 27.6 Å². The minimum atomic E-state index is -0.406. The van der Waals surface area contributed by atoms with Crippen LogP contribution in [-0.2, 0) is 13.0 Å². The van der Waals surface area contributed by atoms with Crippen molar-refractivity contribution in [2.24, 2.45) is 0 Å². The first-order valence-electron chi connectivity index (χ1n) is 7.49. The largest absolute Gasteiger partial charge is 0.493 e. The molecule has 1 aromatic heterocycles. The van der Waals surface area contributed by atoms with Gasteiger partial charge in [-0.05, 0) is 44.5 Å². The number of hydrogen-bond acceptors (Lipinski definition) is 3. The van der Waals surface area contributed by atoms with Gasteiger partial charge in [-0.2, -0.15) is 5.10 Å². The second-order valence-electron chi connectivity index (χ2n) is 5.40. The Balaban J connectivity index is 1.80. The van der Waals surface area contributed by atoms with E-state index in [1.54, 1.807) is 0 Å². The molecule has 2 aromatic rings. The molecule has 114 valence electrons. The molecule has 21 heavy (non-hydrogen) atoms. The van der Waals surface area contributed by atoms with Gasteiger partial charge in [-0.25, -0.2) is 0 Å². The van der Waals surface area contributed by atoms with Crippen LogP contribution >= 0.6 is 0 Å². The van der Waals surface area contributed by atoms with Crippen LogP contribution in [0.4, 0.5) is 0 Å². The summed E-state index contributed by atoms with van der Waals surface area (Å²) in [4.78, 5) is 0. The lowest BCUT2D eigenvalue weighted by Gasteiger charge is -2.12. The average molecular weight is 288 g/mol. The Bertz CT molecular complexity index is 578. The smallest absolute Gasteiger partial charge is 0.119 e. The number of aryl methyl sites for hydroxylation is 3. The van der Waals surface area contributed by atoms with Gasteiger partial charge in [0, 0.05) is 25.1 Å². The standard InChI is InChI=1S/C17H24N2O2/c1-4-19-15(11-14(3)18-19)12-16(20)8-9-21-17-7-5-6-13(2)10-17/h5-7,10-11,16,20H,4,8-9,12H2,1-3H3. The Morgan fingerprint density at radius 3 is 2.81 bits per heavy atom. The summed E-state index contributed by atoms with van der Waals surface area (Å²) in [6.07, 6.45) is 0.824. The fourth-order valence-corrected chi connectivity index (χ4v) is 2.40. The van der Waals surface area contributed by atoms with Crippen molar-refractivity contribution in [1.29, 1.82) is 0 Å². The van der Waals surface area contributed by atoms with Crippen LogP contribution < -0.4 is 4.74 Å². The van der Waals surface area contributed by atoms with E-state index < -0.39 is 6.10 Å². The summed E-state index contributed by atoms with van der Waals surface area (Å²) in [6, 6.07) is 9.99. The molecule has 0 amide bonds. The summed E-state index contributed by atoms with van der Waals surface area (Å²) in [7, 11) is 0. The molecule has 0 bridgehead atoms. The van der Waals surface area contributed by atoms with Crippen LogP contribution in [0.5, 0.6) is 5.75 Å². The van der Waals surface area contributed by atoms with Gasteiger partial charge in [-0.3, -0.25) is 4.68 Å². The molecule has 1 heterocycles. The number of aliphatic hydroxyl groups excluding tert-OH is 1. The highest BCUT2D eigenvalue weighted by Gasteiger charge is 2.11. The van der Waals surface area contributed by atoms with E-state index in [9.17, 15) is 5.11 Å². The van der Waals surface area contributed by atoms with Gasteiger partial charge in [0.15, 0.2) is 0 Å². The molecule has 0 aliphatic heterocycles. The van der Waals surface area contributed by atoms with Crippen molar-refractivity contribution in [1.82, 2.24) is 9.78 Å². The van der Waals surface area contributed by atoms with Gasteiger partial charge in [0.1, 0.15) is 5.75 Å². The van der Waals surface area contributed by atoms with E-state index in [-0.39, 0.29) is 0 Å². The Labute approximate surface area is 126 Å². The normalized spacial score (nSPS) is 12.4. The van der Waals surface area contributed by atoms with Gasteiger partial charge < -0.3 is 9.84 Å². The van der Waals surface area contributed by atoms with Crippen LogP contribution in [0, 0.1) is 13.8 Å². The van der Waals surface area contributed by atoms with Crippen molar-refractivity contribution >= 4 is 0 Å². The van der Waals surface area contributed by atoms with Gasteiger partial charge >= 0.3 is 0 Å². The maximum Gasteiger partial charge on any atom is 0.119 e. The number of aromatic nitrogens is 2. The lowest BCUT2D eigenvalue weighted by molar-refractivity contribution is 0.137. The molecule has 1 N–H and O–H groups in total. The number of hydrogen-bond donors (Lipinski definition) is 1. The number of nitrogens with zero attached hydrogens (tertiary/aromatic N) is 2. The average Bonchev–Trinajstić information content (AvgIpc) is 2.78. The van der Waals surface area contributed by atoms with Crippen molar-refractivity contribution in [3.63, 3.8) is 0 Å². The predicted molar refractivity (Wildman–Crippen MR) is 83.6 cm³/mol. The van der Waals surface area contributed by atoms with Gasteiger partial charge in [0.2, 0.25) is 0 Å². The highest BCUT2D eigenvalue weighted by Crippen LogP contribution is 2.14. The minimum Gasteiger partial charge on any atom is -0.493 e. The molecule has 1 aromatic carbocycles. The zero-order valence-corrected chi connectivity index (χ0v) is 13.0. The summed E-state index contributed by atoms with van der Waals surface area (Å²) in [6.45, 7) is 7.42. The van der Waals surface area contributed by atoms with E-state index in [0.29, 0.717) is 19.4 Å². The molecule has 0 saturated carbocycles. The molecule has 0 fully saturated rings. The maximum atomic E-state index is 10.1. The van der Waals surface area contributed by atoms with Crippen LogP contribution in [0.3, 0.4) is 0 Å². The van der Waals surface area contributed by atoms with Crippen molar-refractivity contribution in [3.8, 4) is 5.75 Å². The molecule has 4 nitrogen and oxygen atoms in total. The monoisotopic (exact) mass is 288 g/mol. The van der Waals surface area contributed by atoms with Crippen LogP contribution in [0.2, 0.25) is 0 Å². The predicted octanol–water partition coefficient (Wildman–Crippen LogP) is 2.89. The summed E-state index contributed by atoms with van der Waals surface area (Å²) < 4.78 is 7.62. The third-order valence-corrected chi connectivity index (χ3v) is 3.44. The molecule has 0 saturated heterocycles. The SMILES string of the molecule is CCn1nc(C)cc1CC(O)CCOc1cccc(C)c1. The lowest BCUT2D eigenvalue weighted by atomic mass is 10.1. The van der Waals surface area contributed by atoms with Crippen LogP contribution in [0.25, 0.3) is 0 Å². The highest BCUT2D eigenvalue weighted by atomic mass is 16.5. The Morgan fingerprint density at radius 2 is 2.10 bits per heavy atom. The molecule has 0 spiro atoms. The van der Waals surface area contributed by atoms with Crippen molar-refractivity contribution in [2.45, 2.75) is 46.3 Å².